The zero-order chi connectivity index (χ0) is 11.4. The summed E-state index contributed by atoms with van der Waals surface area (Å²) >= 11 is 3.47. The van der Waals surface area contributed by atoms with Gasteiger partial charge in [-0.25, -0.2) is 0 Å². The molecule has 0 N–H and O–H groups in total. The molecule has 0 aliphatic heterocycles. The summed E-state index contributed by atoms with van der Waals surface area (Å²) in [6.45, 7) is 2.28. The molecule has 0 aromatic heterocycles. The summed E-state index contributed by atoms with van der Waals surface area (Å²) in [7, 11) is 0. The molecule has 0 heterocycles. The second-order valence-corrected chi connectivity index (χ2v) is 5.55. The fraction of sp³-hybridized carbons (Fsp3) is 0.571. The van der Waals surface area contributed by atoms with Gasteiger partial charge < -0.3 is 4.74 Å². The third kappa shape index (κ3) is 3.24. The quantitative estimate of drug-likeness (QED) is 0.774. The van der Waals surface area contributed by atoms with Crippen LogP contribution in [0, 0.1) is 5.92 Å². The summed E-state index contributed by atoms with van der Waals surface area (Å²) in [4.78, 5) is 0. The molecule has 1 aromatic rings. The minimum absolute atomic E-state index is 0.424. The molecule has 88 valence electrons. The Morgan fingerprint density at radius 3 is 3.00 bits per heavy atom. The van der Waals surface area contributed by atoms with Gasteiger partial charge in [-0.05, 0) is 43.4 Å². The molecule has 2 rings (SSSR count). The number of benzene rings is 1. The van der Waals surface area contributed by atoms with Gasteiger partial charge in [-0.3, -0.25) is 0 Å². The van der Waals surface area contributed by atoms with Crippen molar-refractivity contribution in [2.45, 2.75) is 45.1 Å². The van der Waals surface area contributed by atoms with Crippen LogP contribution in [0.4, 0.5) is 0 Å². The summed E-state index contributed by atoms with van der Waals surface area (Å²) in [5.41, 5.74) is 0. The highest BCUT2D eigenvalue weighted by Crippen LogP contribution is 2.30. The van der Waals surface area contributed by atoms with E-state index in [1.807, 2.05) is 18.2 Å². The van der Waals surface area contributed by atoms with Crippen molar-refractivity contribution in [3.05, 3.63) is 28.7 Å². The number of rotatable bonds is 3. The van der Waals surface area contributed by atoms with Gasteiger partial charge in [0.25, 0.3) is 0 Å². The fourth-order valence-electron chi connectivity index (χ4n) is 2.45. The molecule has 0 radical (unpaired) electrons. The molecule has 1 aromatic carbocycles. The summed E-state index contributed by atoms with van der Waals surface area (Å²) in [5, 5.41) is 0. The van der Waals surface area contributed by atoms with E-state index in [-0.39, 0.29) is 0 Å². The summed E-state index contributed by atoms with van der Waals surface area (Å²) < 4.78 is 7.13. The predicted octanol–water partition coefficient (Wildman–Crippen LogP) is 4.80. The Bertz CT molecular complexity index is 337. The Labute approximate surface area is 106 Å². The molecule has 0 saturated heterocycles. The molecule has 16 heavy (non-hydrogen) atoms. The Hall–Kier alpha value is -0.500. The van der Waals surface area contributed by atoms with E-state index in [9.17, 15) is 0 Å². The summed E-state index contributed by atoms with van der Waals surface area (Å²) in [6.07, 6.45) is 6.85. The predicted molar refractivity (Wildman–Crippen MR) is 70.8 cm³/mol. The third-order valence-electron chi connectivity index (χ3n) is 3.41. The second-order valence-electron chi connectivity index (χ2n) is 4.64. The normalized spacial score (nSPS) is 25.4. The molecule has 0 amide bonds. The molecule has 0 spiro atoms. The zero-order valence-corrected chi connectivity index (χ0v) is 11.4. The van der Waals surface area contributed by atoms with E-state index in [0.29, 0.717) is 6.10 Å². The van der Waals surface area contributed by atoms with Crippen LogP contribution in [0.25, 0.3) is 0 Å². The lowest BCUT2D eigenvalue weighted by Gasteiger charge is -2.29. The van der Waals surface area contributed by atoms with E-state index >= 15 is 0 Å². The monoisotopic (exact) mass is 282 g/mol. The molecule has 1 aliphatic rings. The first-order chi connectivity index (χ1) is 7.78. The van der Waals surface area contributed by atoms with Crippen LogP contribution in [0.1, 0.15) is 39.0 Å². The number of ether oxygens (including phenoxy) is 1. The lowest BCUT2D eigenvalue weighted by Crippen LogP contribution is -2.25. The van der Waals surface area contributed by atoms with E-state index in [0.717, 1.165) is 16.1 Å². The molecular weight excluding hydrogens is 264 g/mol. The van der Waals surface area contributed by atoms with E-state index in [2.05, 4.69) is 28.9 Å². The molecule has 1 aliphatic carbocycles. The Balaban J connectivity index is 1.94. The van der Waals surface area contributed by atoms with Gasteiger partial charge in [0, 0.05) is 4.47 Å². The van der Waals surface area contributed by atoms with Crippen LogP contribution in [0.3, 0.4) is 0 Å². The van der Waals surface area contributed by atoms with Crippen LogP contribution in [0.2, 0.25) is 0 Å². The van der Waals surface area contributed by atoms with Crippen molar-refractivity contribution in [2.24, 2.45) is 5.92 Å². The highest BCUT2D eigenvalue weighted by Gasteiger charge is 2.21. The summed E-state index contributed by atoms with van der Waals surface area (Å²) in [6, 6.07) is 8.15. The van der Waals surface area contributed by atoms with Crippen LogP contribution in [0.5, 0.6) is 5.75 Å². The Morgan fingerprint density at radius 2 is 2.25 bits per heavy atom. The van der Waals surface area contributed by atoms with Crippen molar-refractivity contribution in [1.82, 2.24) is 0 Å². The largest absolute Gasteiger partial charge is 0.490 e. The minimum Gasteiger partial charge on any atom is -0.490 e. The van der Waals surface area contributed by atoms with E-state index < -0.39 is 0 Å². The minimum atomic E-state index is 0.424. The van der Waals surface area contributed by atoms with Crippen LogP contribution < -0.4 is 4.74 Å². The molecule has 2 unspecified atom stereocenters. The molecule has 1 saturated carbocycles. The van der Waals surface area contributed by atoms with Crippen molar-refractivity contribution in [2.75, 3.05) is 0 Å². The topological polar surface area (TPSA) is 9.23 Å². The SMILES string of the molecule is CCC1CCCC(Oc2cccc(Br)c2)C1. The first kappa shape index (κ1) is 12.0. The molecule has 1 nitrogen and oxygen atoms in total. The van der Waals surface area contributed by atoms with Crippen molar-refractivity contribution in [3.8, 4) is 5.75 Å². The molecular formula is C14H19BrO. The summed E-state index contributed by atoms with van der Waals surface area (Å²) in [5.74, 6) is 1.86. The maximum atomic E-state index is 6.04. The standard InChI is InChI=1S/C14H19BrO/c1-2-11-5-3-7-13(9-11)16-14-8-4-6-12(15)10-14/h4,6,8,10-11,13H,2-3,5,7,9H2,1H3. The smallest absolute Gasteiger partial charge is 0.120 e. The number of hydrogen-bond acceptors (Lipinski definition) is 1. The van der Waals surface area contributed by atoms with Crippen LogP contribution in [-0.4, -0.2) is 6.10 Å². The van der Waals surface area contributed by atoms with Gasteiger partial charge in [0.2, 0.25) is 0 Å². The van der Waals surface area contributed by atoms with E-state index in [1.54, 1.807) is 0 Å². The maximum Gasteiger partial charge on any atom is 0.120 e. The Kier molecular flexibility index (Phi) is 4.28. The van der Waals surface area contributed by atoms with Crippen molar-refractivity contribution in [1.29, 1.82) is 0 Å². The third-order valence-corrected chi connectivity index (χ3v) is 3.90. The van der Waals surface area contributed by atoms with Gasteiger partial charge >= 0.3 is 0 Å². The van der Waals surface area contributed by atoms with E-state index in [1.165, 1.54) is 32.1 Å². The zero-order valence-electron chi connectivity index (χ0n) is 9.79. The molecule has 0 bridgehead atoms. The highest BCUT2D eigenvalue weighted by molar-refractivity contribution is 9.10. The van der Waals surface area contributed by atoms with Gasteiger partial charge in [-0.15, -0.1) is 0 Å². The van der Waals surface area contributed by atoms with E-state index in [4.69, 9.17) is 4.74 Å². The fourth-order valence-corrected chi connectivity index (χ4v) is 2.83. The van der Waals surface area contributed by atoms with Gasteiger partial charge in [0.05, 0.1) is 6.10 Å². The van der Waals surface area contributed by atoms with Crippen LogP contribution in [0.15, 0.2) is 28.7 Å². The van der Waals surface area contributed by atoms with Crippen LogP contribution in [-0.2, 0) is 0 Å². The number of halogens is 1. The molecule has 2 heteroatoms. The van der Waals surface area contributed by atoms with Gasteiger partial charge in [0.15, 0.2) is 0 Å². The van der Waals surface area contributed by atoms with Gasteiger partial charge in [-0.2, -0.15) is 0 Å². The second kappa shape index (κ2) is 5.72. The van der Waals surface area contributed by atoms with Gasteiger partial charge in [-0.1, -0.05) is 41.8 Å². The van der Waals surface area contributed by atoms with Crippen molar-refractivity contribution < 1.29 is 4.74 Å². The first-order valence-electron chi connectivity index (χ1n) is 6.20. The van der Waals surface area contributed by atoms with Crippen LogP contribution >= 0.6 is 15.9 Å². The highest BCUT2D eigenvalue weighted by atomic mass is 79.9. The lowest BCUT2D eigenvalue weighted by atomic mass is 9.85. The molecule has 1 fully saturated rings. The van der Waals surface area contributed by atoms with Gasteiger partial charge in [0.1, 0.15) is 5.75 Å². The average molecular weight is 283 g/mol. The first-order valence-corrected chi connectivity index (χ1v) is 6.99. The average Bonchev–Trinajstić information content (AvgIpc) is 2.29. The maximum absolute atomic E-state index is 6.04. The lowest BCUT2D eigenvalue weighted by molar-refractivity contribution is 0.122. The number of hydrogen-bond donors (Lipinski definition) is 0. The van der Waals surface area contributed by atoms with Crippen molar-refractivity contribution in [3.63, 3.8) is 0 Å². The van der Waals surface area contributed by atoms with Crippen molar-refractivity contribution >= 4 is 15.9 Å². The Morgan fingerprint density at radius 1 is 1.38 bits per heavy atom. The molecule has 2 atom stereocenters.